The molecule has 49 heavy (non-hydrogen) atoms. The Morgan fingerprint density at radius 2 is 1.59 bits per heavy atom. The van der Waals surface area contributed by atoms with E-state index >= 15 is 0 Å². The van der Waals surface area contributed by atoms with Gasteiger partial charge in [0.2, 0.25) is 5.91 Å². The van der Waals surface area contributed by atoms with E-state index in [2.05, 4.69) is 10.6 Å². The van der Waals surface area contributed by atoms with Gasteiger partial charge in [0.05, 0.1) is 29.7 Å². The molecule has 2 aliphatic rings. The summed E-state index contributed by atoms with van der Waals surface area (Å²) >= 11 is 0. The van der Waals surface area contributed by atoms with Crippen molar-refractivity contribution in [2.75, 3.05) is 12.4 Å². The van der Waals surface area contributed by atoms with Gasteiger partial charge in [-0.25, -0.2) is 13.6 Å². The molecule has 0 heterocycles. The lowest BCUT2D eigenvalue weighted by atomic mass is 9.83. The number of benzene rings is 4. The second-order valence-electron chi connectivity index (χ2n) is 12.0. The van der Waals surface area contributed by atoms with Crippen LogP contribution in [0.2, 0.25) is 0 Å². The van der Waals surface area contributed by atoms with Crippen molar-refractivity contribution in [1.82, 2.24) is 5.32 Å². The molecule has 0 radical (unpaired) electrons. The molecule has 0 spiro atoms. The summed E-state index contributed by atoms with van der Waals surface area (Å²) in [6.07, 6.45) is -1.82. The number of carbonyl (C=O) groups excluding carboxylic acids is 2. The third-order valence-electron chi connectivity index (χ3n) is 9.14. The monoisotopic (exact) mass is 676 g/mol. The number of methoxy groups -OCH3 is 1. The molecule has 4 atom stereocenters. The van der Waals surface area contributed by atoms with Gasteiger partial charge < -0.3 is 20.5 Å². The summed E-state index contributed by atoms with van der Waals surface area (Å²) in [5.74, 6) is -6.20. The van der Waals surface area contributed by atoms with Crippen molar-refractivity contribution in [3.8, 4) is 16.9 Å². The molecule has 4 aromatic rings. The Morgan fingerprint density at radius 1 is 0.878 bits per heavy atom. The molecule has 7 nitrogen and oxygen atoms in total. The van der Waals surface area contributed by atoms with Crippen molar-refractivity contribution >= 4 is 29.5 Å². The Balaban J connectivity index is 1.36. The van der Waals surface area contributed by atoms with Crippen LogP contribution < -0.4 is 15.4 Å². The number of aromatic carboxylic acids is 1. The third kappa shape index (κ3) is 6.63. The minimum absolute atomic E-state index is 0.0102. The number of amides is 2. The zero-order valence-corrected chi connectivity index (χ0v) is 25.9. The first kappa shape index (κ1) is 33.4. The number of halogens is 5. The van der Waals surface area contributed by atoms with Crippen LogP contribution >= 0.6 is 0 Å². The molecule has 2 unspecified atom stereocenters. The van der Waals surface area contributed by atoms with E-state index in [1.807, 2.05) is 36.4 Å². The quantitative estimate of drug-likeness (QED) is 0.165. The van der Waals surface area contributed by atoms with E-state index in [-0.39, 0.29) is 45.5 Å². The number of fused-ring (bicyclic) bond motifs is 2. The van der Waals surface area contributed by atoms with Crippen LogP contribution in [0.25, 0.3) is 17.2 Å². The van der Waals surface area contributed by atoms with Gasteiger partial charge in [-0.1, -0.05) is 48.0 Å². The van der Waals surface area contributed by atoms with E-state index in [9.17, 15) is 41.4 Å². The van der Waals surface area contributed by atoms with Crippen LogP contribution in [0.3, 0.4) is 0 Å². The fourth-order valence-corrected chi connectivity index (χ4v) is 6.94. The summed E-state index contributed by atoms with van der Waals surface area (Å²) in [7, 11) is 1.34. The average Bonchev–Trinajstić information content (AvgIpc) is 3.59. The molecule has 2 aliphatic carbocycles. The fourth-order valence-electron chi connectivity index (χ4n) is 6.94. The Kier molecular flexibility index (Phi) is 8.98. The number of hydrogen-bond acceptors (Lipinski definition) is 4. The second-order valence-corrected chi connectivity index (χ2v) is 12.0. The summed E-state index contributed by atoms with van der Waals surface area (Å²) in [6.45, 7) is 0. The van der Waals surface area contributed by atoms with Gasteiger partial charge >= 0.3 is 12.1 Å². The van der Waals surface area contributed by atoms with Crippen LogP contribution in [0, 0.1) is 29.4 Å². The molecular formula is C37H29F5N2O5. The molecule has 12 heteroatoms. The van der Waals surface area contributed by atoms with Gasteiger partial charge in [0.1, 0.15) is 17.4 Å². The van der Waals surface area contributed by atoms with Crippen LogP contribution in [0.15, 0.2) is 90.5 Å². The number of ether oxygens (including phenoxy) is 1. The number of hydrogen-bond donors (Lipinski definition) is 3. The summed E-state index contributed by atoms with van der Waals surface area (Å²) in [6, 6.07) is 18.3. The Hall–Kier alpha value is -5.52. The van der Waals surface area contributed by atoms with Crippen LogP contribution in [0.1, 0.15) is 44.7 Å². The summed E-state index contributed by atoms with van der Waals surface area (Å²) in [5, 5.41) is 14.9. The van der Waals surface area contributed by atoms with Crippen LogP contribution in [-0.4, -0.2) is 36.0 Å². The molecule has 252 valence electrons. The van der Waals surface area contributed by atoms with Crippen molar-refractivity contribution in [3.05, 3.63) is 124 Å². The maximum absolute atomic E-state index is 14.9. The van der Waals surface area contributed by atoms with E-state index in [1.54, 1.807) is 0 Å². The number of rotatable bonds is 8. The van der Waals surface area contributed by atoms with E-state index < -0.39 is 53.1 Å². The maximum atomic E-state index is 14.9. The number of carboxylic acid groups (broad SMARTS) is 1. The highest BCUT2D eigenvalue weighted by atomic mass is 19.4. The SMILES string of the molecule is COc1ccc(-c2cc(C(=O)O)ccc2F)cc1C(=O)N[C@@H]1C2CCC(/C2=C/c2ccccc2)[C@@H]1C(=O)Nc1ccc(F)c(C(F)(F)F)c1. The number of carboxylic acids is 1. The molecule has 2 fully saturated rings. The maximum Gasteiger partial charge on any atom is 0.419 e. The minimum atomic E-state index is -4.98. The van der Waals surface area contributed by atoms with E-state index in [1.165, 1.54) is 25.3 Å². The molecule has 0 saturated heterocycles. The van der Waals surface area contributed by atoms with Gasteiger partial charge in [0.15, 0.2) is 0 Å². The molecule has 2 saturated carbocycles. The van der Waals surface area contributed by atoms with Crippen molar-refractivity contribution in [2.45, 2.75) is 25.1 Å². The first-order valence-electron chi connectivity index (χ1n) is 15.3. The smallest absolute Gasteiger partial charge is 0.419 e. The highest BCUT2D eigenvalue weighted by Gasteiger charge is 2.54. The second kappa shape index (κ2) is 13.2. The highest BCUT2D eigenvalue weighted by molar-refractivity contribution is 6.00. The number of alkyl halides is 3. The molecule has 2 bridgehead atoms. The molecule has 3 N–H and O–H groups in total. The number of carbonyl (C=O) groups is 3. The normalized spacial score (nSPS) is 20.7. The van der Waals surface area contributed by atoms with Gasteiger partial charge in [0.25, 0.3) is 5.91 Å². The van der Waals surface area contributed by atoms with Gasteiger partial charge in [-0.3, -0.25) is 9.59 Å². The molecule has 6 rings (SSSR count). The van der Waals surface area contributed by atoms with Crippen LogP contribution in [0.5, 0.6) is 5.75 Å². The topological polar surface area (TPSA) is 105 Å². The first-order valence-corrected chi connectivity index (χ1v) is 15.3. The standard InChI is InChI=1S/C37H29F5N2O5/c1-49-31-14-8-20(25-17-21(36(47)48)7-12-29(25)38)16-27(31)34(45)44-33-24-11-10-23(26(24)15-19-5-3-2-4-6-19)32(33)35(46)43-22-9-13-30(39)28(18-22)37(40,41)42/h2-9,12-18,23-24,32-33H,10-11H2,1H3,(H,43,46)(H,44,45)(H,47,48)/b26-15-/t23?,24?,32-,33+/m0/s1. The van der Waals surface area contributed by atoms with Crippen molar-refractivity contribution in [2.24, 2.45) is 17.8 Å². The molecule has 0 aromatic heterocycles. The lowest BCUT2D eigenvalue weighted by Gasteiger charge is -2.30. The highest BCUT2D eigenvalue weighted by Crippen LogP contribution is 2.53. The lowest BCUT2D eigenvalue weighted by Crippen LogP contribution is -2.48. The van der Waals surface area contributed by atoms with Crippen molar-refractivity contribution in [3.63, 3.8) is 0 Å². The van der Waals surface area contributed by atoms with E-state index in [4.69, 9.17) is 4.74 Å². The zero-order valence-electron chi connectivity index (χ0n) is 25.9. The summed E-state index contributed by atoms with van der Waals surface area (Å²) in [4.78, 5) is 39.4. The number of anilines is 1. The van der Waals surface area contributed by atoms with Gasteiger partial charge in [-0.2, -0.15) is 13.2 Å². The molecular weight excluding hydrogens is 647 g/mol. The average molecular weight is 677 g/mol. The Labute approximate surface area is 277 Å². The molecule has 2 amide bonds. The van der Waals surface area contributed by atoms with E-state index in [0.29, 0.717) is 25.0 Å². The van der Waals surface area contributed by atoms with Gasteiger partial charge in [-0.05, 0) is 78.4 Å². The fraction of sp³-hybridized carbons (Fsp3) is 0.216. The lowest BCUT2D eigenvalue weighted by molar-refractivity contribution is -0.140. The number of nitrogens with one attached hydrogen (secondary N) is 2. The minimum Gasteiger partial charge on any atom is -0.496 e. The largest absolute Gasteiger partial charge is 0.496 e. The van der Waals surface area contributed by atoms with Gasteiger partial charge in [0, 0.05) is 23.2 Å². The molecule has 4 aromatic carbocycles. The van der Waals surface area contributed by atoms with E-state index in [0.717, 1.165) is 35.4 Å². The predicted octanol–water partition coefficient (Wildman–Crippen LogP) is 7.83. The Morgan fingerprint density at radius 3 is 2.29 bits per heavy atom. The van der Waals surface area contributed by atoms with Gasteiger partial charge in [-0.15, -0.1) is 0 Å². The summed E-state index contributed by atoms with van der Waals surface area (Å²) in [5.41, 5.74) is -0.0204. The zero-order chi connectivity index (χ0) is 35.0. The summed E-state index contributed by atoms with van der Waals surface area (Å²) < 4.78 is 74.5. The van der Waals surface area contributed by atoms with Crippen LogP contribution in [0.4, 0.5) is 27.6 Å². The van der Waals surface area contributed by atoms with Crippen LogP contribution in [-0.2, 0) is 11.0 Å². The van der Waals surface area contributed by atoms with Crippen molar-refractivity contribution in [1.29, 1.82) is 0 Å². The molecule has 0 aliphatic heterocycles. The van der Waals surface area contributed by atoms with Crippen molar-refractivity contribution < 1.29 is 46.2 Å². The Bertz CT molecular complexity index is 1980. The third-order valence-corrected chi connectivity index (χ3v) is 9.14. The first-order chi connectivity index (χ1) is 23.3. The predicted molar refractivity (Wildman–Crippen MR) is 171 cm³/mol.